The molecule has 0 atom stereocenters. The zero-order chi connectivity index (χ0) is 33.0. The Labute approximate surface area is 287 Å². The van der Waals surface area contributed by atoms with Gasteiger partial charge in [0.05, 0.1) is 22.1 Å². The van der Waals surface area contributed by atoms with E-state index in [1.807, 2.05) is 66.7 Å². The summed E-state index contributed by atoms with van der Waals surface area (Å²) in [5.74, 6) is 1.87. The first-order valence-corrected chi connectivity index (χ1v) is 16.7. The molecule has 5 nitrogen and oxygen atoms in total. The van der Waals surface area contributed by atoms with E-state index in [0.29, 0.717) is 17.5 Å². The lowest BCUT2D eigenvalue weighted by molar-refractivity contribution is 0.669. The molecule has 0 aliphatic rings. The van der Waals surface area contributed by atoms with E-state index in [0.717, 1.165) is 71.7 Å². The molecule has 0 aliphatic carbocycles. The second kappa shape index (κ2) is 11.4. The van der Waals surface area contributed by atoms with Gasteiger partial charge in [0.2, 0.25) is 0 Å². The van der Waals surface area contributed by atoms with Gasteiger partial charge in [-0.15, -0.1) is 0 Å². The first-order chi connectivity index (χ1) is 24.8. The highest BCUT2D eigenvalue weighted by Crippen LogP contribution is 2.42. The highest BCUT2D eigenvalue weighted by molar-refractivity contribution is 6.17. The van der Waals surface area contributed by atoms with E-state index in [1.165, 1.54) is 5.56 Å². The van der Waals surface area contributed by atoms with Gasteiger partial charge in [0.15, 0.2) is 17.5 Å². The van der Waals surface area contributed by atoms with Gasteiger partial charge >= 0.3 is 0 Å². The molecule has 0 unspecified atom stereocenters. The molecule has 234 valence electrons. The summed E-state index contributed by atoms with van der Waals surface area (Å²) < 4.78 is 8.87. The number of aromatic nitrogens is 4. The highest BCUT2D eigenvalue weighted by atomic mass is 16.3. The van der Waals surface area contributed by atoms with Crippen LogP contribution < -0.4 is 0 Å². The zero-order valence-corrected chi connectivity index (χ0v) is 26.9. The fourth-order valence-corrected chi connectivity index (χ4v) is 7.18. The van der Waals surface area contributed by atoms with Crippen LogP contribution in [0.1, 0.15) is 0 Å². The second-order valence-electron chi connectivity index (χ2n) is 12.4. The molecule has 7 aromatic carbocycles. The Morgan fingerprint density at radius 3 is 1.72 bits per heavy atom. The van der Waals surface area contributed by atoms with Gasteiger partial charge in [0, 0.05) is 32.8 Å². The number of para-hydroxylation sites is 2. The molecule has 0 radical (unpaired) electrons. The second-order valence-corrected chi connectivity index (χ2v) is 12.4. The van der Waals surface area contributed by atoms with E-state index in [2.05, 4.69) is 108 Å². The summed E-state index contributed by atoms with van der Waals surface area (Å²) in [5, 5.41) is 4.40. The molecule has 3 heterocycles. The smallest absolute Gasteiger partial charge is 0.166 e. The lowest BCUT2D eigenvalue weighted by Gasteiger charge is -2.13. The van der Waals surface area contributed by atoms with Gasteiger partial charge < -0.3 is 8.98 Å². The van der Waals surface area contributed by atoms with Crippen molar-refractivity contribution >= 4 is 43.7 Å². The Bertz CT molecular complexity index is 2800. The first kappa shape index (κ1) is 28.2. The van der Waals surface area contributed by atoms with Crippen LogP contribution in [0.15, 0.2) is 174 Å². The Kier molecular flexibility index (Phi) is 6.42. The summed E-state index contributed by atoms with van der Waals surface area (Å²) in [4.78, 5) is 15.3. The molecule has 0 fully saturated rings. The van der Waals surface area contributed by atoms with Gasteiger partial charge in [-0.2, -0.15) is 0 Å². The van der Waals surface area contributed by atoms with Crippen LogP contribution in [-0.4, -0.2) is 19.5 Å². The van der Waals surface area contributed by atoms with E-state index in [9.17, 15) is 0 Å². The van der Waals surface area contributed by atoms with E-state index in [-0.39, 0.29) is 0 Å². The third kappa shape index (κ3) is 4.52. The Morgan fingerprint density at radius 2 is 1.00 bits per heavy atom. The van der Waals surface area contributed by atoms with Crippen LogP contribution >= 0.6 is 0 Å². The van der Waals surface area contributed by atoms with Gasteiger partial charge in [0.1, 0.15) is 11.2 Å². The summed E-state index contributed by atoms with van der Waals surface area (Å²) in [6, 6.07) is 58.5. The van der Waals surface area contributed by atoms with E-state index < -0.39 is 0 Å². The van der Waals surface area contributed by atoms with E-state index >= 15 is 0 Å². The molecule has 3 aromatic heterocycles. The predicted molar refractivity (Wildman–Crippen MR) is 203 cm³/mol. The third-order valence-electron chi connectivity index (χ3n) is 9.46. The third-order valence-corrected chi connectivity index (χ3v) is 9.46. The predicted octanol–water partition coefficient (Wildman–Crippen LogP) is 11.5. The molecule has 0 spiro atoms. The molecule has 5 heteroatoms. The molecular formula is C45H28N4O. The maximum atomic E-state index is 6.50. The number of fused-ring (bicyclic) bond motifs is 6. The van der Waals surface area contributed by atoms with Crippen molar-refractivity contribution < 1.29 is 4.42 Å². The lowest BCUT2D eigenvalue weighted by atomic mass is 10.0. The maximum absolute atomic E-state index is 6.50. The van der Waals surface area contributed by atoms with Crippen LogP contribution in [-0.2, 0) is 0 Å². The van der Waals surface area contributed by atoms with Gasteiger partial charge in [0.25, 0.3) is 0 Å². The van der Waals surface area contributed by atoms with Gasteiger partial charge in [-0.05, 0) is 47.5 Å². The monoisotopic (exact) mass is 640 g/mol. The van der Waals surface area contributed by atoms with Crippen LogP contribution in [0.5, 0.6) is 0 Å². The molecule has 0 saturated carbocycles. The van der Waals surface area contributed by atoms with Crippen molar-refractivity contribution in [3.8, 4) is 51.0 Å². The number of hydrogen-bond donors (Lipinski definition) is 0. The summed E-state index contributed by atoms with van der Waals surface area (Å²) >= 11 is 0. The highest BCUT2D eigenvalue weighted by Gasteiger charge is 2.22. The summed E-state index contributed by atoms with van der Waals surface area (Å²) in [6.45, 7) is 0. The van der Waals surface area contributed by atoms with Crippen LogP contribution in [0.3, 0.4) is 0 Å². The van der Waals surface area contributed by atoms with E-state index in [1.54, 1.807) is 0 Å². The number of nitrogens with zero attached hydrogens (tertiary/aromatic N) is 4. The quantitative estimate of drug-likeness (QED) is 0.188. The minimum Gasteiger partial charge on any atom is -0.456 e. The van der Waals surface area contributed by atoms with E-state index in [4.69, 9.17) is 19.4 Å². The Morgan fingerprint density at radius 1 is 0.400 bits per heavy atom. The van der Waals surface area contributed by atoms with Crippen molar-refractivity contribution in [2.75, 3.05) is 0 Å². The van der Waals surface area contributed by atoms with Crippen molar-refractivity contribution in [3.63, 3.8) is 0 Å². The molecular weight excluding hydrogens is 613 g/mol. The van der Waals surface area contributed by atoms with Gasteiger partial charge in [-0.3, -0.25) is 0 Å². The molecule has 10 rings (SSSR count). The molecule has 0 N–H and O–H groups in total. The summed E-state index contributed by atoms with van der Waals surface area (Å²) in [6.07, 6.45) is 0. The number of hydrogen-bond acceptors (Lipinski definition) is 4. The van der Waals surface area contributed by atoms with Crippen molar-refractivity contribution in [3.05, 3.63) is 170 Å². The zero-order valence-electron chi connectivity index (χ0n) is 26.9. The maximum Gasteiger partial charge on any atom is 0.166 e. The van der Waals surface area contributed by atoms with Crippen LogP contribution in [0.4, 0.5) is 0 Å². The molecule has 0 amide bonds. The molecule has 10 aromatic rings. The number of rotatable bonds is 5. The standard InChI is InChI=1S/C45H28N4O/c1-4-14-29(15-5-1)32-26-27-39-36(28-32)41-38(24-13-25-40(41)50-39)49-37-23-11-10-20-33(37)34-21-12-22-35(42(34)49)45-47-43(30-16-6-2-7-17-30)46-44(48-45)31-18-8-3-9-19-31/h1-28H. The molecule has 0 saturated heterocycles. The summed E-state index contributed by atoms with van der Waals surface area (Å²) in [7, 11) is 0. The fraction of sp³-hybridized carbons (Fsp3) is 0. The fourth-order valence-electron chi connectivity index (χ4n) is 7.18. The Hall–Kier alpha value is -6.85. The van der Waals surface area contributed by atoms with Gasteiger partial charge in [-0.25, -0.2) is 15.0 Å². The van der Waals surface area contributed by atoms with Crippen LogP contribution in [0.25, 0.3) is 94.7 Å². The molecule has 0 aliphatic heterocycles. The van der Waals surface area contributed by atoms with Crippen molar-refractivity contribution in [2.45, 2.75) is 0 Å². The SMILES string of the molecule is c1ccc(-c2ccc3oc4cccc(-n5c6ccccc6c6cccc(-c7nc(-c8ccccc8)nc(-c8ccccc8)n7)c65)c4c3c2)cc1. The Balaban J connectivity index is 1.29. The van der Waals surface area contributed by atoms with Crippen LogP contribution in [0.2, 0.25) is 0 Å². The van der Waals surface area contributed by atoms with Crippen molar-refractivity contribution in [1.82, 2.24) is 19.5 Å². The summed E-state index contributed by atoms with van der Waals surface area (Å²) in [5.41, 5.74) is 9.94. The molecule has 50 heavy (non-hydrogen) atoms. The number of furan rings is 1. The average Bonchev–Trinajstić information content (AvgIpc) is 3.74. The van der Waals surface area contributed by atoms with Gasteiger partial charge in [-0.1, -0.05) is 133 Å². The first-order valence-electron chi connectivity index (χ1n) is 16.7. The van der Waals surface area contributed by atoms with Crippen LogP contribution in [0, 0.1) is 0 Å². The minimum atomic E-state index is 0.614. The van der Waals surface area contributed by atoms with Crippen molar-refractivity contribution in [2.24, 2.45) is 0 Å². The largest absolute Gasteiger partial charge is 0.456 e. The normalized spacial score (nSPS) is 11.6. The molecule has 0 bridgehead atoms. The lowest BCUT2D eigenvalue weighted by Crippen LogP contribution is -2.02. The number of benzene rings is 7. The topological polar surface area (TPSA) is 56.7 Å². The minimum absolute atomic E-state index is 0.614. The average molecular weight is 641 g/mol. The van der Waals surface area contributed by atoms with Crippen molar-refractivity contribution in [1.29, 1.82) is 0 Å².